The minimum Gasteiger partial charge on any atom is -0.346 e. The van der Waals surface area contributed by atoms with E-state index in [9.17, 15) is 9.18 Å². The Bertz CT molecular complexity index is 952. The van der Waals surface area contributed by atoms with Crippen molar-refractivity contribution in [3.63, 3.8) is 0 Å². The molecule has 0 aliphatic rings. The standard InChI is InChI=1S/C21H17ClFNO/c1-14(17-7-6-15-4-2-3-5-18(15)12-17)24-21(25)11-9-16-8-10-19(22)13-20(16)23/h2-14H,1H3,(H,24,25)/b11-9+. The number of hydrogen-bond donors (Lipinski definition) is 1. The third-order valence-electron chi connectivity index (χ3n) is 4.01. The first-order valence-electron chi connectivity index (χ1n) is 7.95. The van der Waals surface area contributed by atoms with Crippen molar-refractivity contribution in [2.45, 2.75) is 13.0 Å². The topological polar surface area (TPSA) is 29.1 Å². The highest BCUT2D eigenvalue weighted by Crippen LogP contribution is 2.20. The summed E-state index contributed by atoms with van der Waals surface area (Å²) < 4.78 is 13.7. The van der Waals surface area contributed by atoms with Gasteiger partial charge in [-0.2, -0.15) is 0 Å². The van der Waals surface area contributed by atoms with Gasteiger partial charge in [0, 0.05) is 16.7 Å². The van der Waals surface area contributed by atoms with Crippen LogP contribution in [0.4, 0.5) is 4.39 Å². The third kappa shape index (κ3) is 4.25. The quantitative estimate of drug-likeness (QED) is 0.614. The van der Waals surface area contributed by atoms with E-state index < -0.39 is 5.82 Å². The van der Waals surface area contributed by atoms with Gasteiger partial charge in [-0.15, -0.1) is 0 Å². The molecule has 3 rings (SSSR count). The first kappa shape index (κ1) is 17.2. The van der Waals surface area contributed by atoms with Crippen molar-refractivity contribution >= 4 is 34.4 Å². The molecule has 0 saturated carbocycles. The Labute approximate surface area is 150 Å². The zero-order valence-corrected chi connectivity index (χ0v) is 14.4. The van der Waals surface area contributed by atoms with Crippen LogP contribution in [0.15, 0.2) is 66.7 Å². The summed E-state index contributed by atoms with van der Waals surface area (Å²) in [5.41, 5.74) is 1.33. The van der Waals surface area contributed by atoms with Crippen LogP contribution < -0.4 is 5.32 Å². The van der Waals surface area contributed by atoms with Crippen molar-refractivity contribution in [2.24, 2.45) is 0 Å². The van der Waals surface area contributed by atoms with Crippen molar-refractivity contribution in [3.05, 3.63) is 88.7 Å². The maximum Gasteiger partial charge on any atom is 0.244 e. The van der Waals surface area contributed by atoms with Gasteiger partial charge in [-0.25, -0.2) is 4.39 Å². The summed E-state index contributed by atoms with van der Waals surface area (Å²) in [7, 11) is 0. The Morgan fingerprint density at radius 2 is 1.84 bits per heavy atom. The number of hydrogen-bond acceptors (Lipinski definition) is 1. The SMILES string of the molecule is CC(NC(=O)/C=C/c1ccc(Cl)cc1F)c1ccc2ccccc2c1. The molecule has 3 aromatic rings. The molecule has 0 aliphatic carbocycles. The molecule has 0 saturated heterocycles. The Balaban J connectivity index is 1.69. The van der Waals surface area contributed by atoms with E-state index >= 15 is 0 Å². The van der Waals surface area contributed by atoms with Crippen LogP contribution in [0.25, 0.3) is 16.8 Å². The molecule has 1 amide bonds. The predicted molar refractivity (Wildman–Crippen MR) is 101 cm³/mol. The number of fused-ring (bicyclic) bond motifs is 1. The molecule has 0 heterocycles. The van der Waals surface area contributed by atoms with E-state index in [4.69, 9.17) is 11.6 Å². The summed E-state index contributed by atoms with van der Waals surface area (Å²) >= 11 is 5.71. The van der Waals surface area contributed by atoms with E-state index in [0.717, 1.165) is 16.3 Å². The highest BCUT2D eigenvalue weighted by molar-refractivity contribution is 6.30. The lowest BCUT2D eigenvalue weighted by Gasteiger charge is -2.14. The maximum absolute atomic E-state index is 13.7. The van der Waals surface area contributed by atoms with Crippen LogP contribution in [0.1, 0.15) is 24.1 Å². The molecule has 0 aliphatic heterocycles. The van der Waals surface area contributed by atoms with E-state index in [1.165, 1.54) is 24.3 Å². The fourth-order valence-corrected chi connectivity index (χ4v) is 2.78. The van der Waals surface area contributed by atoms with Crippen LogP contribution in [-0.2, 0) is 4.79 Å². The summed E-state index contributed by atoms with van der Waals surface area (Å²) in [4.78, 5) is 12.1. The van der Waals surface area contributed by atoms with Gasteiger partial charge in [-0.05, 0) is 47.5 Å². The summed E-state index contributed by atoms with van der Waals surface area (Å²) in [6, 6.07) is 18.3. The van der Waals surface area contributed by atoms with Crippen LogP contribution in [-0.4, -0.2) is 5.91 Å². The van der Waals surface area contributed by atoms with Crippen molar-refractivity contribution in [1.29, 1.82) is 0 Å². The number of halogens is 2. The lowest BCUT2D eigenvalue weighted by molar-refractivity contribution is -0.117. The largest absolute Gasteiger partial charge is 0.346 e. The number of carbonyl (C=O) groups is 1. The monoisotopic (exact) mass is 353 g/mol. The molecule has 4 heteroatoms. The van der Waals surface area contributed by atoms with E-state index in [2.05, 4.69) is 11.4 Å². The van der Waals surface area contributed by atoms with Gasteiger partial charge in [-0.1, -0.05) is 54.1 Å². The number of benzene rings is 3. The Morgan fingerprint density at radius 3 is 2.60 bits per heavy atom. The molecule has 0 radical (unpaired) electrons. The lowest BCUT2D eigenvalue weighted by Crippen LogP contribution is -2.24. The fourth-order valence-electron chi connectivity index (χ4n) is 2.62. The molecule has 25 heavy (non-hydrogen) atoms. The van der Waals surface area contributed by atoms with Gasteiger partial charge in [0.05, 0.1) is 6.04 Å². The van der Waals surface area contributed by atoms with Gasteiger partial charge in [0.15, 0.2) is 0 Å². The normalized spacial score (nSPS) is 12.4. The average Bonchev–Trinajstić information content (AvgIpc) is 2.60. The maximum atomic E-state index is 13.7. The molecular weight excluding hydrogens is 337 g/mol. The van der Waals surface area contributed by atoms with Crippen LogP contribution >= 0.6 is 11.6 Å². The molecule has 0 bridgehead atoms. The highest BCUT2D eigenvalue weighted by atomic mass is 35.5. The molecule has 126 valence electrons. The van der Waals surface area contributed by atoms with Crippen LogP contribution in [0.3, 0.4) is 0 Å². The second-order valence-corrected chi connectivity index (χ2v) is 6.27. The summed E-state index contributed by atoms with van der Waals surface area (Å²) in [6.07, 6.45) is 2.76. The molecule has 0 aromatic heterocycles. The van der Waals surface area contributed by atoms with Gasteiger partial charge >= 0.3 is 0 Å². The molecule has 3 aromatic carbocycles. The zero-order valence-electron chi connectivity index (χ0n) is 13.7. The Morgan fingerprint density at radius 1 is 1.08 bits per heavy atom. The Hall–Kier alpha value is -2.65. The molecule has 1 atom stereocenters. The van der Waals surface area contributed by atoms with E-state index in [1.807, 2.05) is 43.3 Å². The van der Waals surface area contributed by atoms with Crippen LogP contribution in [0, 0.1) is 5.82 Å². The average molecular weight is 354 g/mol. The molecule has 0 spiro atoms. The first-order chi connectivity index (χ1) is 12.0. The van der Waals surface area contributed by atoms with Gasteiger partial charge < -0.3 is 5.32 Å². The second kappa shape index (κ2) is 7.49. The predicted octanol–water partition coefficient (Wildman–Crippen LogP) is 5.52. The van der Waals surface area contributed by atoms with E-state index in [0.29, 0.717) is 10.6 Å². The third-order valence-corrected chi connectivity index (χ3v) is 4.24. The van der Waals surface area contributed by atoms with Crippen LogP contribution in [0.2, 0.25) is 5.02 Å². The summed E-state index contributed by atoms with van der Waals surface area (Å²) in [5.74, 6) is -0.742. The molecule has 0 fully saturated rings. The minimum absolute atomic E-state index is 0.156. The first-order valence-corrected chi connectivity index (χ1v) is 8.33. The van der Waals surface area contributed by atoms with Crippen molar-refractivity contribution < 1.29 is 9.18 Å². The molecular formula is C21H17ClFNO. The second-order valence-electron chi connectivity index (χ2n) is 5.84. The smallest absolute Gasteiger partial charge is 0.244 e. The van der Waals surface area contributed by atoms with Gasteiger partial charge in [-0.3, -0.25) is 4.79 Å². The zero-order chi connectivity index (χ0) is 17.8. The van der Waals surface area contributed by atoms with Gasteiger partial charge in [0.2, 0.25) is 5.91 Å². The summed E-state index contributed by atoms with van der Waals surface area (Å²) in [5, 5.41) is 5.49. The van der Waals surface area contributed by atoms with Crippen molar-refractivity contribution in [2.75, 3.05) is 0 Å². The fraction of sp³-hybridized carbons (Fsp3) is 0.0952. The number of carbonyl (C=O) groups excluding carboxylic acids is 1. The van der Waals surface area contributed by atoms with Crippen molar-refractivity contribution in [3.8, 4) is 0 Å². The van der Waals surface area contributed by atoms with E-state index in [-0.39, 0.29) is 11.9 Å². The van der Waals surface area contributed by atoms with Gasteiger partial charge in [0.1, 0.15) is 5.82 Å². The van der Waals surface area contributed by atoms with Gasteiger partial charge in [0.25, 0.3) is 0 Å². The summed E-state index contributed by atoms with van der Waals surface area (Å²) in [6.45, 7) is 1.92. The lowest BCUT2D eigenvalue weighted by atomic mass is 10.0. The highest BCUT2D eigenvalue weighted by Gasteiger charge is 2.08. The van der Waals surface area contributed by atoms with E-state index in [1.54, 1.807) is 6.07 Å². The molecule has 2 nitrogen and oxygen atoms in total. The van der Waals surface area contributed by atoms with Crippen molar-refractivity contribution in [1.82, 2.24) is 5.32 Å². The minimum atomic E-state index is -0.459. The number of amides is 1. The molecule has 1 unspecified atom stereocenters. The number of rotatable bonds is 4. The Kier molecular flexibility index (Phi) is 5.15. The number of nitrogens with one attached hydrogen (secondary N) is 1. The molecule has 1 N–H and O–H groups in total. The van der Waals surface area contributed by atoms with Crippen LogP contribution in [0.5, 0.6) is 0 Å².